The van der Waals surface area contributed by atoms with Crippen LogP contribution in [0.25, 0.3) is 0 Å². The lowest BCUT2D eigenvalue weighted by Crippen LogP contribution is -2.51. The lowest BCUT2D eigenvalue weighted by Gasteiger charge is -2.38. The second-order valence-corrected chi connectivity index (χ2v) is 8.21. The summed E-state index contributed by atoms with van der Waals surface area (Å²) in [6.45, 7) is 9.47. The van der Waals surface area contributed by atoms with Crippen LogP contribution in [0.5, 0.6) is 0 Å². The highest BCUT2D eigenvalue weighted by Gasteiger charge is 2.38. The van der Waals surface area contributed by atoms with Crippen molar-refractivity contribution in [3.8, 4) is 0 Å². The van der Waals surface area contributed by atoms with E-state index in [9.17, 15) is 18.8 Å². The van der Waals surface area contributed by atoms with E-state index < -0.39 is 17.8 Å². The van der Waals surface area contributed by atoms with Crippen LogP contribution in [-0.4, -0.2) is 85.2 Å². The standard InChI is InChI=1S/C24H34FN5O4/c1-4-26-23(32)29-13-7-12-28(14-15-29)16-19-20(22(31)34-6-3)21(27-24(33)30(19)5-2)17-8-10-18(25)11-9-17/h8-11,21H,4-7,12-16H2,1-3H3,(H,26,32)(H,27,33)/t21-/m1/s1. The number of amides is 4. The highest BCUT2D eigenvalue weighted by Crippen LogP contribution is 2.32. The van der Waals surface area contributed by atoms with Crippen LogP contribution in [0.4, 0.5) is 14.0 Å². The molecule has 2 N–H and O–H groups in total. The van der Waals surface area contributed by atoms with Crippen LogP contribution in [0.3, 0.4) is 0 Å². The largest absolute Gasteiger partial charge is 0.463 e. The van der Waals surface area contributed by atoms with Gasteiger partial charge in [0.05, 0.1) is 18.2 Å². The Labute approximate surface area is 199 Å². The fourth-order valence-corrected chi connectivity index (χ4v) is 4.37. The highest BCUT2D eigenvalue weighted by atomic mass is 19.1. The zero-order valence-electron chi connectivity index (χ0n) is 20.1. The van der Waals surface area contributed by atoms with Gasteiger partial charge in [0.2, 0.25) is 0 Å². The van der Waals surface area contributed by atoms with E-state index in [1.807, 2.05) is 13.8 Å². The number of rotatable bonds is 7. The number of nitrogens with zero attached hydrogens (tertiary/aromatic N) is 3. The molecule has 2 aliphatic rings. The summed E-state index contributed by atoms with van der Waals surface area (Å²) in [6, 6.07) is 4.59. The highest BCUT2D eigenvalue weighted by molar-refractivity contribution is 5.95. The molecule has 9 nitrogen and oxygen atoms in total. The number of carbonyl (C=O) groups is 3. The fourth-order valence-electron chi connectivity index (χ4n) is 4.37. The Kier molecular flexibility index (Phi) is 8.86. The Morgan fingerprint density at radius 2 is 1.85 bits per heavy atom. The summed E-state index contributed by atoms with van der Waals surface area (Å²) in [5, 5.41) is 5.72. The summed E-state index contributed by atoms with van der Waals surface area (Å²) < 4.78 is 18.9. The van der Waals surface area contributed by atoms with Gasteiger partial charge in [0.15, 0.2) is 0 Å². The van der Waals surface area contributed by atoms with E-state index in [1.54, 1.807) is 28.9 Å². The first-order valence-corrected chi connectivity index (χ1v) is 11.9. The minimum atomic E-state index is -0.747. The predicted octanol–water partition coefficient (Wildman–Crippen LogP) is 2.47. The zero-order chi connectivity index (χ0) is 24.7. The molecular formula is C24H34FN5O4. The van der Waals surface area contributed by atoms with Gasteiger partial charge in [-0.25, -0.2) is 18.8 Å². The molecular weight excluding hydrogens is 441 g/mol. The molecule has 0 bridgehead atoms. The Hall–Kier alpha value is -3.14. The SMILES string of the molecule is CCNC(=O)N1CCCN(CC2=C(C(=O)OCC)[C@@H](c3ccc(F)cc3)NC(=O)N2CC)CC1. The number of urea groups is 2. The second kappa shape index (κ2) is 11.8. The third-order valence-corrected chi connectivity index (χ3v) is 6.03. The van der Waals surface area contributed by atoms with Gasteiger partial charge in [-0.15, -0.1) is 0 Å². The van der Waals surface area contributed by atoms with Gasteiger partial charge >= 0.3 is 18.0 Å². The van der Waals surface area contributed by atoms with Crippen molar-refractivity contribution in [1.29, 1.82) is 0 Å². The minimum absolute atomic E-state index is 0.0839. The van der Waals surface area contributed by atoms with Crippen molar-refractivity contribution in [3.05, 3.63) is 46.9 Å². The number of benzene rings is 1. The van der Waals surface area contributed by atoms with Gasteiger partial charge in [-0.1, -0.05) is 12.1 Å². The van der Waals surface area contributed by atoms with E-state index in [0.717, 1.165) is 13.0 Å². The van der Waals surface area contributed by atoms with Gasteiger partial charge in [0.1, 0.15) is 5.82 Å². The molecule has 3 rings (SSSR count). The van der Waals surface area contributed by atoms with Crippen molar-refractivity contribution in [2.75, 3.05) is 52.4 Å². The average Bonchev–Trinajstić information content (AvgIpc) is 3.05. The van der Waals surface area contributed by atoms with Crippen molar-refractivity contribution >= 4 is 18.0 Å². The van der Waals surface area contributed by atoms with Gasteiger partial charge in [0.25, 0.3) is 0 Å². The van der Waals surface area contributed by atoms with E-state index in [2.05, 4.69) is 15.5 Å². The quantitative estimate of drug-likeness (QED) is 0.591. The summed E-state index contributed by atoms with van der Waals surface area (Å²) in [6.07, 6.45) is 0.777. The number of ether oxygens (including phenoxy) is 1. The molecule has 1 aromatic carbocycles. The molecule has 0 spiro atoms. The molecule has 186 valence electrons. The Morgan fingerprint density at radius 1 is 1.12 bits per heavy atom. The van der Waals surface area contributed by atoms with Gasteiger partial charge in [-0.3, -0.25) is 9.80 Å². The predicted molar refractivity (Wildman–Crippen MR) is 125 cm³/mol. The number of likely N-dealkylation sites (N-methyl/N-ethyl adjacent to an activating group) is 1. The number of carbonyl (C=O) groups excluding carboxylic acids is 3. The van der Waals surface area contributed by atoms with Crippen LogP contribution < -0.4 is 10.6 Å². The summed E-state index contributed by atoms with van der Waals surface area (Å²) >= 11 is 0. The molecule has 1 atom stereocenters. The van der Waals surface area contributed by atoms with Crippen LogP contribution in [0.1, 0.15) is 38.8 Å². The molecule has 0 unspecified atom stereocenters. The lowest BCUT2D eigenvalue weighted by atomic mass is 9.94. The molecule has 0 radical (unpaired) electrons. The van der Waals surface area contributed by atoms with Crippen molar-refractivity contribution in [1.82, 2.24) is 25.3 Å². The molecule has 1 saturated heterocycles. The van der Waals surface area contributed by atoms with Gasteiger partial charge in [-0.05, 0) is 44.9 Å². The number of esters is 1. The summed E-state index contributed by atoms with van der Waals surface area (Å²) in [7, 11) is 0. The van der Waals surface area contributed by atoms with Gasteiger partial charge < -0.3 is 20.3 Å². The number of halogens is 1. The van der Waals surface area contributed by atoms with E-state index >= 15 is 0 Å². The number of nitrogens with one attached hydrogen (secondary N) is 2. The van der Waals surface area contributed by atoms with E-state index in [0.29, 0.717) is 56.1 Å². The average molecular weight is 476 g/mol. The van der Waals surface area contributed by atoms with Gasteiger partial charge in [-0.2, -0.15) is 0 Å². The van der Waals surface area contributed by atoms with Crippen molar-refractivity contribution in [2.24, 2.45) is 0 Å². The fraction of sp³-hybridized carbons (Fsp3) is 0.542. The maximum absolute atomic E-state index is 13.5. The first-order valence-electron chi connectivity index (χ1n) is 11.9. The van der Waals surface area contributed by atoms with Crippen LogP contribution in [-0.2, 0) is 9.53 Å². The number of hydrogen-bond donors (Lipinski definition) is 2. The van der Waals surface area contributed by atoms with E-state index in [-0.39, 0.29) is 18.7 Å². The summed E-state index contributed by atoms with van der Waals surface area (Å²) in [5.41, 5.74) is 1.52. The van der Waals surface area contributed by atoms with Crippen LogP contribution in [0, 0.1) is 5.82 Å². The molecule has 34 heavy (non-hydrogen) atoms. The molecule has 0 aliphatic carbocycles. The molecule has 4 amide bonds. The third kappa shape index (κ3) is 5.85. The lowest BCUT2D eigenvalue weighted by molar-refractivity contribution is -0.139. The van der Waals surface area contributed by atoms with Crippen LogP contribution >= 0.6 is 0 Å². The topological polar surface area (TPSA) is 94.2 Å². The molecule has 10 heteroatoms. The van der Waals surface area contributed by atoms with Gasteiger partial charge in [0, 0.05) is 51.5 Å². The third-order valence-electron chi connectivity index (χ3n) is 6.03. The van der Waals surface area contributed by atoms with E-state index in [1.165, 1.54) is 12.1 Å². The monoisotopic (exact) mass is 475 g/mol. The van der Waals surface area contributed by atoms with E-state index in [4.69, 9.17) is 4.74 Å². The minimum Gasteiger partial charge on any atom is -0.463 e. The summed E-state index contributed by atoms with van der Waals surface area (Å²) in [4.78, 5) is 43.9. The molecule has 2 aliphatic heterocycles. The maximum Gasteiger partial charge on any atom is 0.338 e. The molecule has 2 heterocycles. The van der Waals surface area contributed by atoms with Crippen LogP contribution in [0.15, 0.2) is 35.5 Å². The molecule has 1 aromatic rings. The summed E-state index contributed by atoms with van der Waals surface area (Å²) in [5.74, 6) is -0.909. The smallest absolute Gasteiger partial charge is 0.338 e. The zero-order valence-corrected chi connectivity index (χ0v) is 20.1. The molecule has 0 saturated carbocycles. The Morgan fingerprint density at radius 3 is 2.50 bits per heavy atom. The van der Waals surface area contributed by atoms with Crippen LogP contribution in [0.2, 0.25) is 0 Å². The Balaban J connectivity index is 1.95. The molecule has 0 aromatic heterocycles. The normalized spacial score (nSPS) is 19.5. The number of hydrogen-bond acceptors (Lipinski definition) is 5. The van der Waals surface area contributed by atoms with Crippen molar-refractivity contribution < 1.29 is 23.5 Å². The second-order valence-electron chi connectivity index (χ2n) is 8.21. The maximum atomic E-state index is 13.5. The van der Waals surface area contributed by atoms with Crippen molar-refractivity contribution in [2.45, 2.75) is 33.2 Å². The van der Waals surface area contributed by atoms with Crippen molar-refractivity contribution in [3.63, 3.8) is 0 Å². The molecule has 1 fully saturated rings. The first-order chi connectivity index (χ1) is 16.4. The Bertz CT molecular complexity index is 920. The first kappa shape index (κ1) is 25.5.